The largest absolute Gasteiger partial charge is 0.460 e. The van der Waals surface area contributed by atoms with Gasteiger partial charge in [-0.2, -0.15) is 0 Å². The van der Waals surface area contributed by atoms with E-state index >= 15 is 0 Å². The summed E-state index contributed by atoms with van der Waals surface area (Å²) in [5, 5.41) is 0. The number of hydrogen-bond acceptors (Lipinski definition) is 5. The highest BCUT2D eigenvalue weighted by molar-refractivity contribution is 5.90. The van der Waals surface area contributed by atoms with Gasteiger partial charge in [-0.1, -0.05) is 0 Å². The number of nitrogen functional groups attached to an aromatic ring is 1. The first-order chi connectivity index (χ1) is 9.56. The van der Waals surface area contributed by atoms with Gasteiger partial charge in [0.25, 0.3) is 0 Å². The second-order valence-corrected chi connectivity index (χ2v) is 3.95. The smallest absolute Gasteiger partial charge is 0.341 e. The average molecular weight is 289 g/mol. The second kappa shape index (κ2) is 8.44. The number of nitrogens with two attached hydrogens (primary N) is 1. The minimum absolute atomic E-state index is 0.0253. The molecule has 0 aromatic heterocycles. The van der Waals surface area contributed by atoms with Crippen molar-refractivity contribution in [2.45, 2.75) is 6.42 Å². The van der Waals surface area contributed by atoms with Crippen LogP contribution in [-0.4, -0.2) is 39.5 Å². The highest BCUT2D eigenvalue weighted by Crippen LogP contribution is 2.17. The van der Waals surface area contributed by atoms with Crippen molar-refractivity contribution in [1.29, 1.82) is 0 Å². The molecule has 0 saturated heterocycles. The van der Waals surface area contributed by atoms with Gasteiger partial charge in [0, 0.05) is 26.4 Å². The van der Waals surface area contributed by atoms with Crippen molar-refractivity contribution in [2.24, 2.45) is 0 Å². The Labute approximate surface area is 115 Å². The molecule has 0 amide bonds. The van der Waals surface area contributed by atoms with E-state index in [-0.39, 0.29) is 18.9 Å². The van der Waals surface area contributed by atoms with E-state index in [9.17, 15) is 13.6 Å². The summed E-state index contributed by atoms with van der Waals surface area (Å²) in [4.78, 5) is 11.5. The lowest BCUT2D eigenvalue weighted by Crippen LogP contribution is -2.13. The van der Waals surface area contributed by atoms with Gasteiger partial charge in [-0.15, -0.1) is 0 Å². The van der Waals surface area contributed by atoms with E-state index in [1.807, 2.05) is 0 Å². The van der Waals surface area contributed by atoms with Crippen molar-refractivity contribution in [3.63, 3.8) is 0 Å². The fourth-order valence-electron chi connectivity index (χ4n) is 1.40. The van der Waals surface area contributed by atoms with Gasteiger partial charge < -0.3 is 19.9 Å². The number of halogens is 2. The van der Waals surface area contributed by atoms with Gasteiger partial charge in [0.1, 0.15) is 18.2 Å². The van der Waals surface area contributed by atoms with Crippen LogP contribution in [0.4, 0.5) is 14.5 Å². The van der Waals surface area contributed by atoms with E-state index in [0.717, 1.165) is 12.5 Å². The van der Waals surface area contributed by atoms with Crippen LogP contribution in [0.2, 0.25) is 0 Å². The van der Waals surface area contributed by atoms with Crippen molar-refractivity contribution in [2.75, 3.05) is 39.3 Å². The summed E-state index contributed by atoms with van der Waals surface area (Å²) >= 11 is 0. The quantitative estimate of drug-likeness (QED) is 0.448. The average Bonchev–Trinajstić information content (AvgIpc) is 2.41. The number of benzene rings is 1. The molecule has 0 aliphatic heterocycles. The van der Waals surface area contributed by atoms with Crippen LogP contribution in [-0.2, 0) is 14.2 Å². The zero-order valence-electron chi connectivity index (χ0n) is 11.2. The Balaban J connectivity index is 2.34. The zero-order valence-corrected chi connectivity index (χ0v) is 11.2. The molecule has 0 heterocycles. The molecule has 5 nitrogen and oxygen atoms in total. The monoisotopic (exact) mass is 289 g/mol. The van der Waals surface area contributed by atoms with E-state index in [1.165, 1.54) is 0 Å². The van der Waals surface area contributed by atoms with Crippen molar-refractivity contribution in [3.05, 3.63) is 29.3 Å². The van der Waals surface area contributed by atoms with Crippen LogP contribution in [0.1, 0.15) is 16.8 Å². The summed E-state index contributed by atoms with van der Waals surface area (Å²) in [6.07, 6.45) is 0.730. The van der Waals surface area contributed by atoms with Crippen LogP contribution >= 0.6 is 0 Å². The summed E-state index contributed by atoms with van der Waals surface area (Å²) in [5.74, 6) is -2.84. The molecule has 0 fully saturated rings. The molecule has 0 radical (unpaired) electrons. The van der Waals surface area contributed by atoms with Crippen LogP contribution in [0.15, 0.2) is 12.1 Å². The maximum Gasteiger partial charge on any atom is 0.341 e. The molecular weight excluding hydrogens is 272 g/mol. The van der Waals surface area contributed by atoms with E-state index in [4.69, 9.17) is 19.9 Å². The van der Waals surface area contributed by atoms with Gasteiger partial charge in [0.2, 0.25) is 0 Å². The number of carbonyl (C=O) groups is 1. The molecular formula is C13H17F2NO4. The lowest BCUT2D eigenvalue weighted by atomic mass is 10.2. The number of hydrogen-bond donors (Lipinski definition) is 1. The minimum Gasteiger partial charge on any atom is -0.460 e. The molecule has 1 rings (SSSR count). The van der Waals surface area contributed by atoms with E-state index in [2.05, 4.69) is 0 Å². The van der Waals surface area contributed by atoms with E-state index in [1.54, 1.807) is 7.11 Å². The van der Waals surface area contributed by atoms with Crippen molar-refractivity contribution in [1.82, 2.24) is 0 Å². The van der Waals surface area contributed by atoms with E-state index in [0.29, 0.717) is 19.3 Å². The topological polar surface area (TPSA) is 70.8 Å². The molecule has 7 heteroatoms. The van der Waals surface area contributed by atoms with Gasteiger partial charge in [0.05, 0.1) is 17.9 Å². The summed E-state index contributed by atoms with van der Waals surface area (Å²) < 4.78 is 41.1. The number of anilines is 1. The van der Waals surface area contributed by atoms with Crippen LogP contribution in [0, 0.1) is 11.6 Å². The Morgan fingerprint density at radius 3 is 2.60 bits per heavy atom. The molecule has 0 aliphatic rings. The van der Waals surface area contributed by atoms with Gasteiger partial charge in [-0.25, -0.2) is 13.6 Å². The molecule has 0 bridgehead atoms. The first-order valence-electron chi connectivity index (χ1n) is 6.04. The maximum absolute atomic E-state index is 13.4. The number of methoxy groups -OCH3 is 1. The summed E-state index contributed by atoms with van der Waals surface area (Å²) in [5.41, 5.74) is 4.55. The fourth-order valence-corrected chi connectivity index (χ4v) is 1.40. The lowest BCUT2D eigenvalue weighted by molar-refractivity contribution is 0.0284. The fraction of sp³-hybridized carbons (Fsp3) is 0.462. The normalized spacial score (nSPS) is 10.6. The molecule has 0 atom stereocenters. The third kappa shape index (κ3) is 5.10. The second-order valence-electron chi connectivity index (χ2n) is 3.95. The molecule has 20 heavy (non-hydrogen) atoms. The van der Waals surface area contributed by atoms with Crippen LogP contribution in [0.3, 0.4) is 0 Å². The molecule has 0 saturated carbocycles. The molecule has 1 aromatic carbocycles. The number of esters is 1. The Morgan fingerprint density at radius 2 is 1.90 bits per heavy atom. The van der Waals surface area contributed by atoms with Crippen molar-refractivity contribution < 1.29 is 27.8 Å². The predicted molar refractivity (Wildman–Crippen MR) is 68.4 cm³/mol. The maximum atomic E-state index is 13.4. The third-order valence-corrected chi connectivity index (χ3v) is 2.40. The van der Waals surface area contributed by atoms with Gasteiger partial charge in [0.15, 0.2) is 0 Å². The molecule has 0 unspecified atom stereocenters. The van der Waals surface area contributed by atoms with Gasteiger partial charge >= 0.3 is 5.97 Å². The van der Waals surface area contributed by atoms with E-state index < -0.39 is 23.2 Å². The lowest BCUT2D eigenvalue weighted by Gasteiger charge is -2.07. The van der Waals surface area contributed by atoms with Gasteiger partial charge in [-0.3, -0.25) is 0 Å². The standard InChI is InChI=1S/C13H17F2NO4/c1-18-3-2-4-19-5-6-20-13(17)9-7-12(16)11(15)8-10(9)14/h7-8H,2-6,16H2,1H3. The molecule has 1 aromatic rings. The zero-order chi connectivity index (χ0) is 15.0. The molecule has 112 valence electrons. The summed E-state index contributed by atoms with van der Waals surface area (Å²) in [7, 11) is 1.59. The molecule has 0 aliphatic carbocycles. The SMILES string of the molecule is COCCCOCCOC(=O)c1cc(N)c(F)cc1F. The van der Waals surface area contributed by atoms with Crippen LogP contribution < -0.4 is 5.73 Å². The van der Waals surface area contributed by atoms with Gasteiger partial charge in [-0.05, 0) is 12.5 Å². The Hall–Kier alpha value is -1.73. The number of carbonyl (C=O) groups excluding carboxylic acids is 1. The molecule has 0 spiro atoms. The first kappa shape index (κ1) is 16.3. The number of rotatable bonds is 8. The van der Waals surface area contributed by atoms with Crippen LogP contribution in [0.5, 0.6) is 0 Å². The van der Waals surface area contributed by atoms with Crippen LogP contribution in [0.25, 0.3) is 0 Å². The predicted octanol–water partition coefficient (Wildman–Crippen LogP) is 1.76. The Bertz CT molecular complexity index is 454. The summed E-state index contributed by atoms with van der Waals surface area (Å²) in [6, 6.07) is 1.46. The summed E-state index contributed by atoms with van der Waals surface area (Å²) in [6.45, 7) is 1.22. The highest BCUT2D eigenvalue weighted by atomic mass is 19.1. The Kier molecular flexibility index (Phi) is 6.89. The molecule has 2 N–H and O–H groups in total. The van der Waals surface area contributed by atoms with Crippen molar-refractivity contribution >= 4 is 11.7 Å². The third-order valence-electron chi connectivity index (χ3n) is 2.40. The minimum atomic E-state index is -1.01. The number of ether oxygens (including phenoxy) is 3. The first-order valence-corrected chi connectivity index (χ1v) is 6.04. The Morgan fingerprint density at radius 1 is 1.15 bits per heavy atom. The van der Waals surface area contributed by atoms with Crippen molar-refractivity contribution in [3.8, 4) is 0 Å². The highest BCUT2D eigenvalue weighted by Gasteiger charge is 2.16.